The van der Waals surface area contributed by atoms with Gasteiger partial charge in [0.25, 0.3) is 0 Å². The minimum atomic E-state index is -3.74. The average Bonchev–Trinajstić information content (AvgIpc) is 2.76. The summed E-state index contributed by atoms with van der Waals surface area (Å²) in [6, 6.07) is 1.05. The van der Waals surface area contributed by atoms with Crippen molar-refractivity contribution in [1.29, 1.82) is 0 Å². The van der Waals surface area contributed by atoms with Crippen molar-refractivity contribution in [3.63, 3.8) is 0 Å². The Morgan fingerprint density at radius 1 is 1.42 bits per heavy atom. The van der Waals surface area contributed by atoms with Gasteiger partial charge in [0.15, 0.2) is 0 Å². The second-order valence-electron chi connectivity index (χ2n) is 6.54. The van der Waals surface area contributed by atoms with Crippen molar-refractivity contribution in [2.24, 2.45) is 0 Å². The number of nitrogens with zero attached hydrogens (tertiary/aromatic N) is 1. The molecule has 1 aromatic heterocycles. The minimum absolute atomic E-state index is 0.0112. The summed E-state index contributed by atoms with van der Waals surface area (Å²) in [7, 11) is -3.74. The molecule has 1 aliphatic heterocycles. The van der Waals surface area contributed by atoms with Crippen molar-refractivity contribution in [3.05, 3.63) is 14.7 Å². The molecule has 2 rings (SSSR count). The quantitative estimate of drug-likeness (QED) is 0.816. The first-order valence-electron chi connectivity index (χ1n) is 7.43. The molecule has 0 aromatic carbocycles. The number of amides is 1. The molecule has 10 heteroatoms. The molecule has 24 heavy (non-hydrogen) atoms. The molecule has 0 aliphatic carbocycles. The lowest BCUT2D eigenvalue weighted by Gasteiger charge is -2.32. The van der Waals surface area contributed by atoms with E-state index in [9.17, 15) is 13.2 Å². The molecular weight excluding hydrogens is 395 g/mol. The van der Waals surface area contributed by atoms with Gasteiger partial charge in [-0.25, -0.2) is 13.2 Å². The van der Waals surface area contributed by atoms with E-state index in [1.165, 1.54) is 10.4 Å². The van der Waals surface area contributed by atoms with E-state index in [0.717, 1.165) is 11.3 Å². The summed E-state index contributed by atoms with van der Waals surface area (Å²) in [6.45, 7) is 5.86. The van der Waals surface area contributed by atoms with Gasteiger partial charge in [-0.2, -0.15) is 4.31 Å². The van der Waals surface area contributed by atoms with Crippen LogP contribution in [0.5, 0.6) is 0 Å². The number of rotatable bonds is 3. The van der Waals surface area contributed by atoms with Crippen LogP contribution in [0.25, 0.3) is 0 Å². The fraction of sp³-hybridized carbons (Fsp3) is 0.643. The van der Waals surface area contributed by atoms with Gasteiger partial charge in [0.05, 0.1) is 4.34 Å². The highest BCUT2D eigenvalue weighted by Gasteiger charge is 2.33. The molecule has 1 aromatic rings. The average molecular weight is 415 g/mol. The lowest BCUT2D eigenvalue weighted by Crippen LogP contribution is -2.50. The first-order valence-corrected chi connectivity index (χ1v) is 10.4. The van der Waals surface area contributed by atoms with Gasteiger partial charge in [-0.1, -0.05) is 23.2 Å². The highest BCUT2D eigenvalue weighted by Crippen LogP contribution is 2.36. The second-order valence-corrected chi connectivity index (χ2v) is 10.7. The third-order valence-corrected chi connectivity index (χ3v) is 6.97. The number of hydrogen-bond acceptors (Lipinski definition) is 5. The Bertz CT molecular complexity index is 713. The Hall–Kier alpha value is -0.540. The lowest BCUT2D eigenvalue weighted by molar-refractivity contribution is 0.0487. The summed E-state index contributed by atoms with van der Waals surface area (Å²) in [5, 5.41) is 2.73. The minimum Gasteiger partial charge on any atom is -0.444 e. The van der Waals surface area contributed by atoms with Crippen LogP contribution >= 0.6 is 34.5 Å². The SMILES string of the molecule is CC(C)(C)OC(=O)N[C@H]1CCCN(S(=O)(=O)c2cc(Cl)sc2Cl)C1. The maximum absolute atomic E-state index is 12.7. The molecule has 1 amide bonds. The van der Waals surface area contributed by atoms with Crippen LogP contribution in [0.4, 0.5) is 4.79 Å². The molecule has 2 heterocycles. The maximum atomic E-state index is 12.7. The Morgan fingerprint density at radius 3 is 2.62 bits per heavy atom. The third kappa shape index (κ3) is 4.98. The van der Waals surface area contributed by atoms with Crippen LogP contribution in [0.1, 0.15) is 33.6 Å². The van der Waals surface area contributed by atoms with Gasteiger partial charge < -0.3 is 10.1 Å². The summed E-state index contributed by atoms with van der Waals surface area (Å²) >= 11 is 12.8. The second kappa shape index (κ2) is 7.37. The van der Waals surface area contributed by atoms with Gasteiger partial charge in [-0.3, -0.25) is 0 Å². The zero-order valence-corrected chi connectivity index (χ0v) is 16.8. The van der Waals surface area contributed by atoms with Gasteiger partial charge in [0, 0.05) is 19.1 Å². The van der Waals surface area contributed by atoms with Gasteiger partial charge in [-0.15, -0.1) is 11.3 Å². The van der Waals surface area contributed by atoms with E-state index >= 15 is 0 Å². The summed E-state index contributed by atoms with van der Waals surface area (Å²) < 4.78 is 32.4. The molecule has 0 bridgehead atoms. The molecule has 0 radical (unpaired) electrons. The number of hydrogen-bond donors (Lipinski definition) is 1. The van der Waals surface area contributed by atoms with Crippen molar-refractivity contribution >= 4 is 50.7 Å². The molecule has 1 N–H and O–H groups in total. The topological polar surface area (TPSA) is 75.7 Å². The zero-order chi connectivity index (χ0) is 18.1. The Kier molecular flexibility index (Phi) is 6.08. The Morgan fingerprint density at radius 2 is 2.08 bits per heavy atom. The first kappa shape index (κ1) is 19.8. The number of ether oxygens (including phenoxy) is 1. The maximum Gasteiger partial charge on any atom is 0.407 e. The van der Waals surface area contributed by atoms with Crippen LogP contribution in [0.2, 0.25) is 8.67 Å². The smallest absolute Gasteiger partial charge is 0.407 e. The summed E-state index contributed by atoms with van der Waals surface area (Å²) in [5.41, 5.74) is -0.606. The van der Waals surface area contributed by atoms with E-state index in [1.807, 2.05) is 0 Å². The van der Waals surface area contributed by atoms with Crippen LogP contribution < -0.4 is 5.32 Å². The van der Waals surface area contributed by atoms with Gasteiger partial charge in [0.1, 0.15) is 14.8 Å². The molecule has 0 spiro atoms. The lowest BCUT2D eigenvalue weighted by atomic mass is 10.1. The van der Waals surface area contributed by atoms with Crippen LogP contribution in [-0.4, -0.2) is 43.5 Å². The Balaban J connectivity index is 2.07. The van der Waals surface area contributed by atoms with Gasteiger partial charge in [0.2, 0.25) is 10.0 Å². The normalized spacial score (nSPS) is 20.0. The highest BCUT2D eigenvalue weighted by atomic mass is 35.5. The zero-order valence-electron chi connectivity index (χ0n) is 13.6. The predicted octanol–water partition coefficient (Wildman–Crippen LogP) is 3.73. The van der Waals surface area contributed by atoms with E-state index in [4.69, 9.17) is 27.9 Å². The van der Waals surface area contributed by atoms with Crippen molar-refractivity contribution in [3.8, 4) is 0 Å². The molecule has 6 nitrogen and oxygen atoms in total. The largest absolute Gasteiger partial charge is 0.444 e. The predicted molar refractivity (Wildman–Crippen MR) is 95.5 cm³/mol. The van der Waals surface area contributed by atoms with Crippen LogP contribution in [0.3, 0.4) is 0 Å². The Labute approximate surface area is 156 Å². The number of thiophene rings is 1. The summed E-state index contributed by atoms with van der Waals surface area (Å²) in [4.78, 5) is 11.9. The molecular formula is C14H20Cl2N2O4S2. The van der Waals surface area contributed by atoms with Crippen molar-refractivity contribution in [2.45, 2.75) is 50.2 Å². The van der Waals surface area contributed by atoms with Crippen LogP contribution in [0.15, 0.2) is 11.0 Å². The molecule has 1 saturated heterocycles. The van der Waals surface area contributed by atoms with E-state index < -0.39 is 21.7 Å². The van der Waals surface area contributed by atoms with Crippen LogP contribution in [0, 0.1) is 0 Å². The van der Waals surface area contributed by atoms with Crippen LogP contribution in [-0.2, 0) is 14.8 Å². The number of halogens is 2. The third-order valence-electron chi connectivity index (χ3n) is 3.35. The monoisotopic (exact) mass is 414 g/mol. The van der Waals surface area contributed by atoms with Crippen molar-refractivity contribution in [1.82, 2.24) is 9.62 Å². The molecule has 0 unspecified atom stereocenters. The molecule has 0 saturated carbocycles. The molecule has 1 fully saturated rings. The van der Waals surface area contributed by atoms with E-state index in [1.54, 1.807) is 20.8 Å². The first-order chi connectivity index (χ1) is 11.0. The van der Waals surface area contributed by atoms with Crippen molar-refractivity contribution in [2.75, 3.05) is 13.1 Å². The number of carbonyl (C=O) groups excluding carboxylic acids is 1. The number of piperidine rings is 1. The number of alkyl carbamates (subject to hydrolysis) is 1. The molecule has 136 valence electrons. The van der Waals surface area contributed by atoms with Gasteiger partial charge in [-0.05, 0) is 39.7 Å². The molecule has 1 aliphatic rings. The van der Waals surface area contributed by atoms with Crippen molar-refractivity contribution < 1.29 is 17.9 Å². The van der Waals surface area contributed by atoms with Gasteiger partial charge >= 0.3 is 6.09 Å². The number of sulfonamides is 1. The highest BCUT2D eigenvalue weighted by molar-refractivity contribution is 7.89. The fourth-order valence-corrected chi connectivity index (χ4v) is 6.03. The summed E-state index contributed by atoms with van der Waals surface area (Å²) in [6.07, 6.45) is 0.766. The molecule has 1 atom stereocenters. The van der Waals surface area contributed by atoms with E-state index in [2.05, 4.69) is 5.32 Å². The fourth-order valence-electron chi connectivity index (χ4n) is 2.39. The number of nitrogens with one attached hydrogen (secondary N) is 1. The number of carbonyl (C=O) groups is 1. The van der Waals surface area contributed by atoms with E-state index in [0.29, 0.717) is 23.7 Å². The summed E-state index contributed by atoms with van der Waals surface area (Å²) in [5.74, 6) is 0. The standard InChI is InChI=1S/C14H20Cl2N2O4S2/c1-14(2,3)22-13(19)17-9-5-4-6-18(8-9)24(20,21)10-7-11(15)23-12(10)16/h7,9H,4-6,8H2,1-3H3,(H,17,19)/t9-/m0/s1. The van der Waals surface area contributed by atoms with E-state index in [-0.39, 0.29) is 21.8 Å².